The minimum atomic E-state index is -4.47. The minimum Gasteiger partial charge on any atom is -0.480 e. The Balaban J connectivity index is 2.13. The first-order valence-electron chi connectivity index (χ1n) is 8.06. The molecule has 2 amide bonds. The lowest BCUT2D eigenvalue weighted by Gasteiger charge is -2.24. The van der Waals surface area contributed by atoms with Gasteiger partial charge in [0.15, 0.2) is 0 Å². The van der Waals surface area contributed by atoms with Crippen LogP contribution in [0.4, 0.5) is 13.2 Å². The van der Waals surface area contributed by atoms with Crippen molar-refractivity contribution in [1.82, 2.24) is 9.80 Å². The normalized spacial score (nSPS) is 17.5. The fourth-order valence-electron chi connectivity index (χ4n) is 2.90. The molecule has 9 heteroatoms. The molecule has 0 spiro atoms. The number of carbonyl (C=O) groups is 3. The van der Waals surface area contributed by atoms with Crippen molar-refractivity contribution in [2.75, 3.05) is 19.6 Å². The number of carboxylic acids is 1. The summed E-state index contributed by atoms with van der Waals surface area (Å²) in [5, 5.41) is 9.03. The lowest BCUT2D eigenvalue weighted by molar-refractivity contribution is -0.146. The van der Waals surface area contributed by atoms with E-state index >= 15 is 0 Å². The molecule has 1 fully saturated rings. The van der Waals surface area contributed by atoms with Crippen molar-refractivity contribution in [2.45, 2.75) is 26.1 Å². The number of alkyl halides is 3. The lowest BCUT2D eigenvalue weighted by Crippen LogP contribution is -2.40. The molecule has 1 aromatic carbocycles. The number of halogens is 3. The van der Waals surface area contributed by atoms with Gasteiger partial charge in [0.2, 0.25) is 11.8 Å². The number of nitrogens with zero attached hydrogens (tertiary/aromatic N) is 2. The second-order valence-electron chi connectivity index (χ2n) is 6.12. The van der Waals surface area contributed by atoms with Crippen LogP contribution in [0.3, 0.4) is 0 Å². The van der Waals surface area contributed by atoms with Crippen LogP contribution in [0.5, 0.6) is 0 Å². The van der Waals surface area contributed by atoms with Gasteiger partial charge in [-0.25, -0.2) is 0 Å². The summed E-state index contributed by atoms with van der Waals surface area (Å²) in [6.45, 7) is 1.73. The number of carboxylic acid groups (broad SMARTS) is 1. The van der Waals surface area contributed by atoms with Crippen molar-refractivity contribution in [3.63, 3.8) is 0 Å². The topological polar surface area (TPSA) is 77.9 Å². The first kappa shape index (κ1) is 19.7. The molecule has 0 saturated carbocycles. The van der Waals surface area contributed by atoms with E-state index in [2.05, 4.69) is 0 Å². The van der Waals surface area contributed by atoms with E-state index in [4.69, 9.17) is 5.11 Å². The van der Waals surface area contributed by atoms with Gasteiger partial charge in [0.05, 0.1) is 11.5 Å². The van der Waals surface area contributed by atoms with Crippen molar-refractivity contribution in [3.05, 3.63) is 35.4 Å². The zero-order valence-electron chi connectivity index (χ0n) is 14.1. The molecule has 1 aliphatic heterocycles. The molecule has 1 saturated heterocycles. The van der Waals surface area contributed by atoms with Crippen molar-refractivity contribution in [2.24, 2.45) is 5.92 Å². The monoisotopic (exact) mass is 372 g/mol. The first-order valence-corrected chi connectivity index (χ1v) is 8.06. The standard InChI is InChI=1S/C17H19F3N2O4/c1-2-21-9-12(7-14(21)23)16(26)22(10-15(24)25)8-11-3-5-13(6-4-11)17(18,19)20/h3-6,12H,2,7-10H2,1H3,(H,24,25). The summed E-state index contributed by atoms with van der Waals surface area (Å²) in [5.41, 5.74) is -0.443. The Morgan fingerprint density at radius 3 is 2.35 bits per heavy atom. The van der Waals surface area contributed by atoms with Crippen LogP contribution in [0.15, 0.2) is 24.3 Å². The minimum absolute atomic E-state index is 0.00973. The molecule has 0 bridgehead atoms. The molecule has 1 heterocycles. The highest BCUT2D eigenvalue weighted by atomic mass is 19.4. The van der Waals surface area contributed by atoms with Gasteiger partial charge in [-0.15, -0.1) is 0 Å². The summed E-state index contributed by atoms with van der Waals surface area (Å²) in [6.07, 6.45) is -4.46. The number of hydrogen-bond donors (Lipinski definition) is 1. The number of carbonyl (C=O) groups excluding carboxylic acids is 2. The number of likely N-dealkylation sites (tertiary alicyclic amines) is 1. The van der Waals surface area contributed by atoms with Crippen LogP contribution >= 0.6 is 0 Å². The van der Waals surface area contributed by atoms with Gasteiger partial charge in [0.1, 0.15) is 6.54 Å². The summed E-state index contributed by atoms with van der Waals surface area (Å²) in [6, 6.07) is 4.19. The highest BCUT2D eigenvalue weighted by molar-refractivity contribution is 5.90. The van der Waals surface area contributed by atoms with Crippen molar-refractivity contribution < 1.29 is 32.7 Å². The smallest absolute Gasteiger partial charge is 0.416 e. The van der Waals surface area contributed by atoms with Gasteiger partial charge in [0.25, 0.3) is 0 Å². The summed E-state index contributed by atoms with van der Waals surface area (Å²) < 4.78 is 37.8. The van der Waals surface area contributed by atoms with Crippen LogP contribution in [0.2, 0.25) is 0 Å². The van der Waals surface area contributed by atoms with E-state index < -0.39 is 36.1 Å². The zero-order chi connectivity index (χ0) is 19.5. The SMILES string of the molecule is CCN1CC(C(=O)N(CC(=O)O)Cc2ccc(C(F)(F)F)cc2)CC1=O. The van der Waals surface area contributed by atoms with E-state index in [0.717, 1.165) is 17.0 Å². The molecule has 1 atom stereocenters. The fraction of sp³-hybridized carbons (Fsp3) is 0.471. The van der Waals surface area contributed by atoms with Crippen LogP contribution in [-0.2, 0) is 27.1 Å². The summed E-state index contributed by atoms with van der Waals surface area (Å²) in [5.74, 6) is -2.54. The molecule has 1 unspecified atom stereocenters. The van der Waals surface area contributed by atoms with Gasteiger partial charge in [-0.05, 0) is 24.6 Å². The predicted octanol–water partition coefficient (Wildman–Crippen LogP) is 1.99. The molecule has 0 aromatic heterocycles. The second-order valence-corrected chi connectivity index (χ2v) is 6.12. The Hall–Kier alpha value is -2.58. The van der Waals surface area contributed by atoms with Crippen LogP contribution < -0.4 is 0 Å². The molecule has 0 radical (unpaired) electrons. The lowest BCUT2D eigenvalue weighted by atomic mass is 10.1. The van der Waals surface area contributed by atoms with E-state index in [-0.39, 0.29) is 25.4 Å². The van der Waals surface area contributed by atoms with Gasteiger partial charge in [-0.2, -0.15) is 13.2 Å². The van der Waals surface area contributed by atoms with E-state index in [1.165, 1.54) is 17.0 Å². The third kappa shape index (κ3) is 4.74. The fourth-order valence-corrected chi connectivity index (χ4v) is 2.90. The second kappa shape index (κ2) is 7.76. The molecule has 1 N–H and O–H groups in total. The molecule has 142 valence electrons. The average Bonchev–Trinajstić information content (AvgIpc) is 2.93. The Labute approximate surface area is 148 Å². The summed E-state index contributed by atoms with van der Waals surface area (Å²) in [4.78, 5) is 38.1. The van der Waals surface area contributed by atoms with Crippen molar-refractivity contribution in [3.8, 4) is 0 Å². The highest BCUT2D eigenvalue weighted by Crippen LogP contribution is 2.29. The number of amides is 2. The number of hydrogen-bond acceptors (Lipinski definition) is 3. The number of benzene rings is 1. The van der Waals surface area contributed by atoms with Crippen LogP contribution in [0.1, 0.15) is 24.5 Å². The van der Waals surface area contributed by atoms with Gasteiger partial charge in [0, 0.05) is 26.1 Å². The summed E-state index contributed by atoms with van der Waals surface area (Å²) in [7, 11) is 0. The Kier molecular flexibility index (Phi) is 5.89. The molecule has 6 nitrogen and oxygen atoms in total. The van der Waals surface area contributed by atoms with E-state index in [1.54, 1.807) is 6.92 Å². The molecular formula is C17H19F3N2O4. The maximum atomic E-state index is 12.6. The Morgan fingerprint density at radius 1 is 1.27 bits per heavy atom. The van der Waals surface area contributed by atoms with Crippen molar-refractivity contribution >= 4 is 17.8 Å². The molecule has 1 aliphatic rings. The van der Waals surface area contributed by atoms with Crippen LogP contribution in [-0.4, -0.2) is 52.3 Å². The third-order valence-corrected chi connectivity index (χ3v) is 4.24. The Bertz CT molecular complexity index is 688. The number of rotatable bonds is 6. The van der Waals surface area contributed by atoms with Crippen molar-refractivity contribution in [1.29, 1.82) is 0 Å². The first-order chi connectivity index (χ1) is 12.1. The maximum Gasteiger partial charge on any atom is 0.416 e. The van der Waals surface area contributed by atoms with Gasteiger partial charge >= 0.3 is 12.1 Å². The molecule has 1 aromatic rings. The maximum absolute atomic E-state index is 12.6. The molecule has 0 aliphatic carbocycles. The zero-order valence-corrected chi connectivity index (χ0v) is 14.1. The quantitative estimate of drug-likeness (QED) is 0.828. The molecule has 26 heavy (non-hydrogen) atoms. The Morgan fingerprint density at radius 2 is 1.88 bits per heavy atom. The summed E-state index contributed by atoms with van der Waals surface area (Å²) >= 11 is 0. The predicted molar refractivity (Wildman–Crippen MR) is 84.9 cm³/mol. The van der Waals surface area contributed by atoms with Crippen LogP contribution in [0.25, 0.3) is 0 Å². The number of aliphatic carboxylic acids is 1. The van der Waals surface area contributed by atoms with Gasteiger partial charge in [-0.1, -0.05) is 12.1 Å². The highest BCUT2D eigenvalue weighted by Gasteiger charge is 2.36. The molecule has 2 rings (SSSR count). The molecular weight excluding hydrogens is 353 g/mol. The average molecular weight is 372 g/mol. The van der Waals surface area contributed by atoms with E-state index in [9.17, 15) is 27.6 Å². The van der Waals surface area contributed by atoms with Crippen LogP contribution in [0, 0.1) is 5.92 Å². The largest absolute Gasteiger partial charge is 0.480 e. The van der Waals surface area contributed by atoms with E-state index in [1.807, 2.05) is 0 Å². The van der Waals surface area contributed by atoms with Gasteiger partial charge < -0.3 is 14.9 Å². The van der Waals surface area contributed by atoms with Gasteiger partial charge in [-0.3, -0.25) is 14.4 Å². The third-order valence-electron chi connectivity index (χ3n) is 4.24. The van der Waals surface area contributed by atoms with E-state index in [0.29, 0.717) is 12.1 Å².